The summed E-state index contributed by atoms with van der Waals surface area (Å²) in [5, 5.41) is 9.87. The highest BCUT2D eigenvalue weighted by molar-refractivity contribution is 7.93. The van der Waals surface area contributed by atoms with E-state index in [9.17, 15) is 18.5 Å². The first-order valence-corrected chi connectivity index (χ1v) is 14.9. The number of ether oxygens (including phenoxy) is 3. The third kappa shape index (κ3) is 4.45. The lowest BCUT2D eigenvalue weighted by Gasteiger charge is -2.41. The quantitative estimate of drug-likeness (QED) is 0.376. The second-order valence-electron chi connectivity index (χ2n) is 10.3. The van der Waals surface area contributed by atoms with Gasteiger partial charge in [-0.3, -0.25) is 14.5 Å². The molecular formula is C30H31N5O7S. The monoisotopic (exact) mass is 605 g/mol. The lowest BCUT2D eigenvalue weighted by atomic mass is 9.81. The van der Waals surface area contributed by atoms with Gasteiger partial charge in [0, 0.05) is 44.0 Å². The van der Waals surface area contributed by atoms with Crippen LogP contribution >= 0.6 is 0 Å². The lowest BCUT2D eigenvalue weighted by molar-refractivity contribution is -0.138. The van der Waals surface area contributed by atoms with Gasteiger partial charge in [0.15, 0.2) is 5.54 Å². The Labute approximate surface area is 250 Å². The number of fused-ring (bicyclic) bond motifs is 1. The third-order valence-corrected chi connectivity index (χ3v) is 9.62. The van der Waals surface area contributed by atoms with Gasteiger partial charge in [-0.25, -0.2) is 17.7 Å². The molecule has 13 heteroatoms. The highest BCUT2D eigenvalue weighted by Gasteiger charge is 2.63. The largest absolute Gasteiger partial charge is 0.497 e. The Morgan fingerprint density at radius 3 is 2.49 bits per heavy atom. The topological polar surface area (TPSA) is 142 Å². The van der Waals surface area contributed by atoms with E-state index in [2.05, 4.69) is 11.1 Å². The number of nitrogens with zero attached hydrogens (tertiary/aromatic N) is 5. The first-order chi connectivity index (χ1) is 20.6. The molecule has 0 spiro atoms. The molecule has 3 aromatic rings. The fraction of sp³-hybridized carbons (Fsp3) is 0.333. The van der Waals surface area contributed by atoms with Gasteiger partial charge in [0.1, 0.15) is 16.4 Å². The average Bonchev–Trinajstić information content (AvgIpc) is 3.60. The van der Waals surface area contributed by atoms with E-state index < -0.39 is 27.5 Å². The van der Waals surface area contributed by atoms with Gasteiger partial charge in [-0.1, -0.05) is 0 Å². The van der Waals surface area contributed by atoms with Crippen LogP contribution in [0.25, 0.3) is 0 Å². The predicted molar refractivity (Wildman–Crippen MR) is 155 cm³/mol. The maximum absolute atomic E-state index is 15.2. The summed E-state index contributed by atoms with van der Waals surface area (Å²) in [6, 6.07) is 13.1. The van der Waals surface area contributed by atoms with Crippen molar-refractivity contribution in [1.29, 1.82) is 5.26 Å². The number of nitriles is 1. The number of carbonyl (C=O) groups is 2. The molecular weight excluding hydrogens is 574 g/mol. The number of anilines is 1. The number of methoxy groups -OCH3 is 3. The van der Waals surface area contributed by atoms with Crippen LogP contribution in [-0.2, 0) is 25.2 Å². The molecule has 1 unspecified atom stereocenters. The van der Waals surface area contributed by atoms with Crippen LogP contribution in [-0.4, -0.2) is 83.0 Å². The van der Waals surface area contributed by atoms with Crippen molar-refractivity contribution in [2.24, 2.45) is 0 Å². The van der Waals surface area contributed by atoms with Gasteiger partial charge in [0.2, 0.25) is 11.8 Å². The lowest BCUT2D eigenvalue weighted by Crippen LogP contribution is -2.59. The van der Waals surface area contributed by atoms with E-state index in [4.69, 9.17) is 14.2 Å². The number of benzene rings is 2. The van der Waals surface area contributed by atoms with Crippen molar-refractivity contribution in [2.45, 2.75) is 29.3 Å². The summed E-state index contributed by atoms with van der Waals surface area (Å²) >= 11 is 0. The third-order valence-electron chi connectivity index (χ3n) is 7.88. The van der Waals surface area contributed by atoms with Crippen molar-refractivity contribution in [3.05, 3.63) is 71.4 Å². The van der Waals surface area contributed by atoms with E-state index in [1.54, 1.807) is 31.1 Å². The minimum absolute atomic E-state index is 0.0272. The minimum atomic E-state index is -4.63. The minimum Gasteiger partial charge on any atom is -0.497 e. The van der Waals surface area contributed by atoms with Crippen LogP contribution in [0.2, 0.25) is 0 Å². The number of likely N-dealkylation sites (N-methyl/N-ethyl adjacent to an activating group) is 1. The molecule has 1 fully saturated rings. The number of sulfonamides is 1. The first-order valence-electron chi connectivity index (χ1n) is 13.4. The number of pyridine rings is 1. The summed E-state index contributed by atoms with van der Waals surface area (Å²) in [5.74, 6) is -0.697. The summed E-state index contributed by atoms with van der Waals surface area (Å²) in [4.78, 5) is 35.9. The zero-order valence-electron chi connectivity index (χ0n) is 24.4. The molecule has 2 aromatic carbocycles. The second-order valence-corrected chi connectivity index (χ2v) is 12.0. The van der Waals surface area contributed by atoms with E-state index >= 15 is 4.79 Å². The molecule has 0 N–H and O–H groups in total. The molecule has 1 aromatic heterocycles. The summed E-state index contributed by atoms with van der Waals surface area (Å²) in [6.45, 7) is 0.282. The summed E-state index contributed by atoms with van der Waals surface area (Å²) in [5.41, 5.74) is -1.18. The standard InChI is InChI=1S/C30H31N5O7S/c1-33(2)28(36)24-9-7-15-34(24)30(21-8-6-14-32-27(21)42-5)22-16-19(18-31)10-12-23(22)35(29(30)37)43(38,39)26-13-11-20(40-3)17-25(26)41-4/h6,8,10-14,16-17,24H,7,9,15H2,1-5H3/t24?,30-/m1/s1. The van der Waals surface area contributed by atoms with Gasteiger partial charge in [-0.2, -0.15) is 5.26 Å². The Bertz CT molecular complexity index is 1750. The van der Waals surface area contributed by atoms with Crippen molar-refractivity contribution in [3.63, 3.8) is 0 Å². The highest BCUT2D eigenvalue weighted by atomic mass is 32.2. The maximum Gasteiger partial charge on any atom is 0.274 e. The smallest absolute Gasteiger partial charge is 0.274 e. The summed E-state index contributed by atoms with van der Waals surface area (Å²) < 4.78 is 46.1. The fourth-order valence-corrected chi connectivity index (χ4v) is 7.62. The van der Waals surface area contributed by atoms with Crippen LogP contribution in [0, 0.1) is 11.3 Å². The Hall–Kier alpha value is -4.67. The van der Waals surface area contributed by atoms with E-state index in [1.807, 2.05) is 0 Å². The number of likely N-dealkylation sites (tertiary alicyclic amines) is 1. The number of rotatable bonds is 8. The molecule has 0 bridgehead atoms. The zero-order chi connectivity index (χ0) is 31.1. The van der Waals surface area contributed by atoms with Gasteiger partial charge in [0.05, 0.1) is 44.7 Å². The SMILES string of the molecule is COc1ccc(S(=O)(=O)N2C(=O)[C@](c3cccnc3OC)(N3CCCC3C(=O)N(C)C)c3cc(C#N)ccc32)c(OC)c1. The first kappa shape index (κ1) is 29.8. The number of aromatic nitrogens is 1. The van der Waals surface area contributed by atoms with Crippen molar-refractivity contribution in [3.8, 4) is 23.4 Å². The summed E-state index contributed by atoms with van der Waals surface area (Å²) in [6.07, 6.45) is 2.49. The number of amides is 2. The number of carbonyl (C=O) groups excluding carboxylic acids is 2. The molecule has 2 aliphatic heterocycles. The van der Waals surface area contributed by atoms with Crippen molar-refractivity contribution < 1.29 is 32.2 Å². The van der Waals surface area contributed by atoms with Crippen LogP contribution < -0.4 is 18.5 Å². The molecule has 0 saturated carbocycles. The van der Waals surface area contributed by atoms with Crippen LogP contribution in [0.4, 0.5) is 5.69 Å². The van der Waals surface area contributed by atoms with Gasteiger partial charge in [-0.05, 0) is 55.3 Å². The average molecular weight is 606 g/mol. The van der Waals surface area contributed by atoms with Gasteiger partial charge in [0.25, 0.3) is 15.9 Å². The molecule has 12 nitrogen and oxygen atoms in total. The molecule has 2 atom stereocenters. The van der Waals surface area contributed by atoms with E-state index in [1.165, 1.54) is 68.8 Å². The number of hydrogen-bond acceptors (Lipinski definition) is 10. The van der Waals surface area contributed by atoms with Crippen molar-refractivity contribution in [1.82, 2.24) is 14.8 Å². The van der Waals surface area contributed by atoms with Gasteiger partial charge < -0.3 is 19.1 Å². The van der Waals surface area contributed by atoms with Crippen molar-refractivity contribution >= 4 is 27.5 Å². The van der Waals surface area contributed by atoms with Gasteiger partial charge in [-0.15, -0.1) is 0 Å². The zero-order valence-corrected chi connectivity index (χ0v) is 25.2. The van der Waals surface area contributed by atoms with E-state index in [0.29, 0.717) is 18.6 Å². The fourth-order valence-electron chi connectivity index (χ4n) is 6.01. The molecule has 0 radical (unpaired) electrons. The Kier molecular flexibility index (Phi) is 7.76. The van der Waals surface area contributed by atoms with Crippen molar-refractivity contribution in [2.75, 3.05) is 46.3 Å². The molecule has 43 heavy (non-hydrogen) atoms. The molecule has 2 aliphatic rings. The van der Waals surface area contributed by atoms with Crippen LogP contribution in [0.15, 0.2) is 59.6 Å². The molecule has 5 rings (SSSR count). The molecule has 224 valence electrons. The van der Waals surface area contributed by atoms with E-state index in [0.717, 1.165) is 4.31 Å². The Morgan fingerprint density at radius 1 is 1.07 bits per heavy atom. The molecule has 3 heterocycles. The van der Waals surface area contributed by atoms with Gasteiger partial charge >= 0.3 is 0 Å². The maximum atomic E-state index is 15.2. The summed E-state index contributed by atoms with van der Waals surface area (Å²) in [7, 11) is 2.77. The molecule has 1 saturated heterocycles. The normalized spacial score (nSPS) is 20.0. The Morgan fingerprint density at radius 2 is 1.84 bits per heavy atom. The van der Waals surface area contributed by atoms with Crippen LogP contribution in [0.1, 0.15) is 29.5 Å². The molecule has 2 amide bonds. The predicted octanol–water partition coefficient (Wildman–Crippen LogP) is 2.51. The number of hydrogen-bond donors (Lipinski definition) is 0. The van der Waals surface area contributed by atoms with Crippen LogP contribution in [0.3, 0.4) is 0 Å². The van der Waals surface area contributed by atoms with Crippen LogP contribution in [0.5, 0.6) is 17.4 Å². The second kappa shape index (κ2) is 11.2. The molecule has 0 aliphatic carbocycles. The highest BCUT2D eigenvalue weighted by Crippen LogP contribution is 2.54. The van der Waals surface area contributed by atoms with E-state index in [-0.39, 0.29) is 51.4 Å². The Balaban J connectivity index is 1.87.